The van der Waals surface area contributed by atoms with Crippen molar-refractivity contribution in [2.24, 2.45) is 5.92 Å². The minimum atomic E-state index is 0.00330. The van der Waals surface area contributed by atoms with Gasteiger partial charge in [0, 0.05) is 4.88 Å². The number of thiophene rings is 1. The van der Waals surface area contributed by atoms with Gasteiger partial charge in [0.25, 0.3) is 5.56 Å². The lowest BCUT2D eigenvalue weighted by Gasteiger charge is -2.17. The molecule has 1 unspecified atom stereocenters. The van der Waals surface area contributed by atoms with Crippen LogP contribution >= 0.6 is 11.3 Å². The zero-order chi connectivity index (χ0) is 16.0. The maximum absolute atomic E-state index is 12.9. The van der Waals surface area contributed by atoms with Gasteiger partial charge in [-0.05, 0) is 43.2 Å². The first-order chi connectivity index (χ1) is 11.1. The van der Waals surface area contributed by atoms with Crippen molar-refractivity contribution in [1.82, 2.24) is 15.0 Å². The van der Waals surface area contributed by atoms with E-state index in [0.29, 0.717) is 12.5 Å². The summed E-state index contributed by atoms with van der Waals surface area (Å²) in [5.41, 5.74) is 3.49. The summed E-state index contributed by atoms with van der Waals surface area (Å²) in [6, 6.07) is 8.17. The topological polar surface area (TPSA) is 47.8 Å². The van der Waals surface area contributed by atoms with E-state index in [1.165, 1.54) is 20.7 Å². The lowest BCUT2D eigenvalue weighted by Crippen LogP contribution is -2.25. The van der Waals surface area contributed by atoms with E-state index in [9.17, 15) is 4.79 Å². The third-order valence-electron chi connectivity index (χ3n) is 4.60. The van der Waals surface area contributed by atoms with E-state index in [4.69, 9.17) is 0 Å². The Morgan fingerprint density at radius 1 is 1.39 bits per heavy atom. The first kappa shape index (κ1) is 14.6. The molecule has 0 bridgehead atoms. The second-order valence-corrected chi connectivity index (χ2v) is 7.66. The molecular weight excluding hydrogens is 306 g/mol. The highest BCUT2D eigenvalue weighted by Crippen LogP contribution is 2.35. The van der Waals surface area contributed by atoms with Crippen molar-refractivity contribution in [1.29, 1.82) is 0 Å². The smallest absolute Gasteiger partial charge is 0.267 e. The molecular formula is C18H19N3OS. The Balaban J connectivity index is 1.80. The summed E-state index contributed by atoms with van der Waals surface area (Å²) in [4.78, 5) is 15.0. The predicted molar refractivity (Wildman–Crippen MR) is 93.1 cm³/mol. The summed E-state index contributed by atoms with van der Waals surface area (Å²) in [5, 5.41) is 9.29. The molecule has 2 heterocycles. The number of benzene rings is 1. The van der Waals surface area contributed by atoms with Crippen LogP contribution in [0.2, 0.25) is 0 Å². The number of nitrogens with zero attached hydrogens (tertiary/aromatic N) is 3. The van der Waals surface area contributed by atoms with Crippen LogP contribution in [-0.2, 0) is 19.4 Å². The van der Waals surface area contributed by atoms with Crippen LogP contribution in [0.15, 0.2) is 29.1 Å². The minimum absolute atomic E-state index is 0.00330. The van der Waals surface area contributed by atoms with Crippen LogP contribution in [0, 0.1) is 12.8 Å². The summed E-state index contributed by atoms with van der Waals surface area (Å²) in [5.74, 6) is 0.693. The molecule has 0 spiro atoms. The van der Waals surface area contributed by atoms with Crippen LogP contribution in [0.5, 0.6) is 0 Å². The summed E-state index contributed by atoms with van der Waals surface area (Å²) in [6.07, 6.45) is 3.20. The Kier molecular flexibility index (Phi) is 3.53. The van der Waals surface area contributed by atoms with E-state index in [2.05, 4.69) is 36.3 Å². The Labute approximate surface area is 138 Å². The van der Waals surface area contributed by atoms with Gasteiger partial charge in [0.05, 0.1) is 11.9 Å². The third kappa shape index (κ3) is 2.59. The number of hydrogen-bond donors (Lipinski definition) is 0. The molecule has 0 saturated heterocycles. The van der Waals surface area contributed by atoms with Gasteiger partial charge in [-0.3, -0.25) is 4.79 Å². The average Bonchev–Trinajstić information content (AvgIpc) is 2.88. The second kappa shape index (κ2) is 5.57. The highest BCUT2D eigenvalue weighted by Gasteiger charge is 2.23. The molecule has 118 valence electrons. The molecule has 0 radical (unpaired) electrons. The van der Waals surface area contributed by atoms with Crippen LogP contribution in [0.4, 0.5) is 0 Å². The van der Waals surface area contributed by atoms with Crippen molar-refractivity contribution in [3.8, 4) is 0 Å². The zero-order valence-corrected chi connectivity index (χ0v) is 14.2. The quantitative estimate of drug-likeness (QED) is 0.726. The third-order valence-corrected chi connectivity index (χ3v) is 5.74. The van der Waals surface area contributed by atoms with Gasteiger partial charge in [-0.2, -0.15) is 0 Å². The molecule has 1 aliphatic carbocycles. The SMILES string of the molecule is Cc1cccc(Cn2nnc3sc4c(c3c2=O)CCC(C)C4)c1. The summed E-state index contributed by atoms with van der Waals surface area (Å²) in [6.45, 7) is 4.80. The van der Waals surface area contributed by atoms with Crippen molar-refractivity contribution in [3.63, 3.8) is 0 Å². The largest absolute Gasteiger partial charge is 0.279 e. The van der Waals surface area contributed by atoms with Crippen LogP contribution in [0.1, 0.15) is 34.9 Å². The fourth-order valence-electron chi connectivity index (χ4n) is 3.38. The summed E-state index contributed by atoms with van der Waals surface area (Å²) < 4.78 is 1.50. The fourth-order valence-corrected chi connectivity index (χ4v) is 4.70. The van der Waals surface area contributed by atoms with Gasteiger partial charge in [-0.1, -0.05) is 42.0 Å². The van der Waals surface area contributed by atoms with Gasteiger partial charge in [0.2, 0.25) is 0 Å². The molecule has 2 aromatic heterocycles. The van der Waals surface area contributed by atoms with Gasteiger partial charge in [0.1, 0.15) is 0 Å². The number of aryl methyl sites for hydroxylation is 2. The van der Waals surface area contributed by atoms with Crippen LogP contribution in [-0.4, -0.2) is 15.0 Å². The monoisotopic (exact) mass is 325 g/mol. The molecule has 0 aliphatic heterocycles. The molecule has 4 rings (SSSR count). The van der Waals surface area contributed by atoms with Gasteiger partial charge in [-0.15, -0.1) is 16.4 Å². The van der Waals surface area contributed by atoms with Crippen molar-refractivity contribution in [2.75, 3.05) is 0 Å². The van der Waals surface area contributed by atoms with Crippen LogP contribution < -0.4 is 5.56 Å². The zero-order valence-electron chi connectivity index (χ0n) is 13.4. The van der Waals surface area contributed by atoms with E-state index in [-0.39, 0.29) is 5.56 Å². The molecule has 0 saturated carbocycles. The van der Waals surface area contributed by atoms with E-state index in [1.54, 1.807) is 11.3 Å². The first-order valence-electron chi connectivity index (χ1n) is 8.05. The molecule has 5 heteroatoms. The maximum atomic E-state index is 12.9. The Morgan fingerprint density at radius 2 is 2.26 bits per heavy atom. The Hall–Kier alpha value is -2.01. The minimum Gasteiger partial charge on any atom is -0.267 e. The van der Waals surface area contributed by atoms with Crippen molar-refractivity contribution in [3.05, 3.63) is 56.2 Å². The van der Waals surface area contributed by atoms with E-state index < -0.39 is 0 Å². The molecule has 3 aromatic rings. The number of hydrogen-bond acceptors (Lipinski definition) is 4. The first-order valence-corrected chi connectivity index (χ1v) is 8.87. The maximum Gasteiger partial charge on any atom is 0.279 e. The highest BCUT2D eigenvalue weighted by atomic mass is 32.1. The average molecular weight is 325 g/mol. The van der Waals surface area contributed by atoms with E-state index in [0.717, 1.165) is 35.0 Å². The summed E-state index contributed by atoms with van der Waals surface area (Å²) >= 11 is 1.65. The predicted octanol–water partition coefficient (Wildman–Crippen LogP) is 3.33. The normalized spacial score (nSPS) is 17.4. The van der Waals surface area contributed by atoms with Gasteiger partial charge in [0.15, 0.2) is 4.83 Å². The molecule has 1 aromatic carbocycles. The van der Waals surface area contributed by atoms with Gasteiger partial charge < -0.3 is 0 Å². The molecule has 4 nitrogen and oxygen atoms in total. The summed E-state index contributed by atoms with van der Waals surface area (Å²) in [7, 11) is 0. The van der Waals surface area contributed by atoms with E-state index >= 15 is 0 Å². The number of rotatable bonds is 2. The molecule has 0 N–H and O–H groups in total. The lowest BCUT2D eigenvalue weighted by molar-refractivity contribution is 0.508. The Morgan fingerprint density at radius 3 is 3.09 bits per heavy atom. The van der Waals surface area contributed by atoms with Crippen molar-refractivity contribution in [2.45, 2.75) is 39.7 Å². The highest BCUT2D eigenvalue weighted by molar-refractivity contribution is 7.18. The van der Waals surface area contributed by atoms with Crippen LogP contribution in [0.3, 0.4) is 0 Å². The number of fused-ring (bicyclic) bond motifs is 3. The molecule has 23 heavy (non-hydrogen) atoms. The Bertz CT molecular complexity index is 941. The fraction of sp³-hybridized carbons (Fsp3) is 0.389. The lowest BCUT2D eigenvalue weighted by atomic mass is 9.89. The van der Waals surface area contributed by atoms with Gasteiger partial charge >= 0.3 is 0 Å². The van der Waals surface area contributed by atoms with Crippen molar-refractivity contribution >= 4 is 21.6 Å². The molecule has 0 amide bonds. The second-order valence-electron chi connectivity index (χ2n) is 6.57. The van der Waals surface area contributed by atoms with Gasteiger partial charge in [-0.25, -0.2) is 4.68 Å². The molecule has 0 fully saturated rings. The van der Waals surface area contributed by atoms with Crippen LogP contribution in [0.25, 0.3) is 10.2 Å². The molecule has 1 aliphatic rings. The van der Waals surface area contributed by atoms with E-state index in [1.807, 2.05) is 12.1 Å². The molecule has 1 atom stereocenters. The van der Waals surface area contributed by atoms with Crippen molar-refractivity contribution < 1.29 is 0 Å². The number of aromatic nitrogens is 3. The standard InChI is InChI=1S/C18H19N3OS/c1-11-4-3-5-13(8-11)10-21-18(22)16-14-7-6-12(2)9-15(14)23-17(16)19-20-21/h3-5,8,12H,6-7,9-10H2,1-2H3.